The highest BCUT2D eigenvalue weighted by Gasteiger charge is 2.07. The van der Waals surface area contributed by atoms with Gasteiger partial charge in [-0.25, -0.2) is 0 Å². The number of ether oxygens (including phenoxy) is 1. The van der Waals surface area contributed by atoms with Gasteiger partial charge in [-0.1, -0.05) is 23.7 Å². The van der Waals surface area contributed by atoms with Gasteiger partial charge >= 0.3 is 0 Å². The van der Waals surface area contributed by atoms with Crippen LogP contribution in [0.25, 0.3) is 0 Å². The lowest BCUT2D eigenvalue weighted by atomic mass is 10.2. The predicted molar refractivity (Wildman–Crippen MR) is 81.0 cm³/mol. The summed E-state index contributed by atoms with van der Waals surface area (Å²) in [5.74, 6) is 0.856. The fraction of sp³-hybridized carbons (Fsp3) is 0.200. The Hall–Kier alpha value is -1.87. The van der Waals surface area contributed by atoms with E-state index in [1.54, 1.807) is 13.2 Å². The van der Waals surface area contributed by atoms with Crippen molar-refractivity contribution in [2.24, 2.45) is 0 Å². The first-order chi connectivity index (χ1) is 9.10. The van der Waals surface area contributed by atoms with Crippen molar-refractivity contribution in [3.8, 4) is 5.75 Å². The van der Waals surface area contributed by atoms with Crippen molar-refractivity contribution in [3.63, 3.8) is 0 Å². The number of nitrogen functional groups attached to an aromatic ring is 1. The summed E-state index contributed by atoms with van der Waals surface area (Å²) in [5, 5.41) is 0.658. The molecule has 2 aromatic carbocycles. The van der Waals surface area contributed by atoms with Crippen molar-refractivity contribution in [2.45, 2.75) is 6.54 Å². The SMILES string of the molecule is COc1cccc(CN(C)c2ccc(N)cc2Cl)c1. The fourth-order valence-electron chi connectivity index (χ4n) is 1.96. The fourth-order valence-corrected chi connectivity index (χ4v) is 2.30. The highest BCUT2D eigenvalue weighted by atomic mass is 35.5. The molecule has 3 nitrogen and oxygen atoms in total. The molecule has 0 fully saturated rings. The third kappa shape index (κ3) is 3.32. The molecule has 0 unspecified atom stereocenters. The van der Waals surface area contributed by atoms with Gasteiger partial charge in [-0.05, 0) is 35.9 Å². The topological polar surface area (TPSA) is 38.5 Å². The van der Waals surface area contributed by atoms with E-state index in [1.165, 1.54) is 0 Å². The Bertz CT molecular complexity index is 572. The lowest BCUT2D eigenvalue weighted by Crippen LogP contribution is -2.16. The van der Waals surface area contributed by atoms with Crippen LogP contribution in [0.5, 0.6) is 5.75 Å². The lowest BCUT2D eigenvalue weighted by molar-refractivity contribution is 0.414. The monoisotopic (exact) mass is 276 g/mol. The normalized spacial score (nSPS) is 10.3. The maximum atomic E-state index is 6.20. The summed E-state index contributed by atoms with van der Waals surface area (Å²) in [5.41, 5.74) is 8.49. The Balaban J connectivity index is 2.17. The standard InChI is InChI=1S/C15H17ClN2O/c1-18(15-7-6-12(17)9-14(15)16)10-11-4-3-5-13(8-11)19-2/h3-9H,10,17H2,1-2H3. The van der Waals surface area contributed by atoms with E-state index >= 15 is 0 Å². The molecule has 0 aromatic heterocycles. The molecule has 4 heteroatoms. The molecular weight excluding hydrogens is 260 g/mol. The highest BCUT2D eigenvalue weighted by molar-refractivity contribution is 6.33. The van der Waals surface area contributed by atoms with Crippen molar-refractivity contribution in [2.75, 3.05) is 24.8 Å². The molecule has 0 spiro atoms. The molecule has 2 aromatic rings. The third-order valence-corrected chi connectivity index (χ3v) is 3.24. The quantitative estimate of drug-likeness (QED) is 0.868. The van der Waals surface area contributed by atoms with E-state index in [1.807, 2.05) is 37.4 Å². The second-order valence-corrected chi connectivity index (χ2v) is 4.83. The van der Waals surface area contributed by atoms with Crippen LogP contribution in [0.1, 0.15) is 5.56 Å². The van der Waals surface area contributed by atoms with Crippen LogP contribution in [-0.2, 0) is 6.54 Å². The minimum Gasteiger partial charge on any atom is -0.497 e. The second kappa shape index (κ2) is 5.85. The number of nitrogens with two attached hydrogens (primary N) is 1. The van der Waals surface area contributed by atoms with Gasteiger partial charge in [0.15, 0.2) is 0 Å². The number of halogens is 1. The van der Waals surface area contributed by atoms with Crippen molar-refractivity contribution in [1.29, 1.82) is 0 Å². The minimum absolute atomic E-state index is 0.658. The zero-order chi connectivity index (χ0) is 13.8. The van der Waals surface area contributed by atoms with E-state index in [9.17, 15) is 0 Å². The molecule has 0 saturated carbocycles. The van der Waals surface area contributed by atoms with E-state index in [4.69, 9.17) is 22.1 Å². The van der Waals surface area contributed by atoms with Crippen molar-refractivity contribution in [3.05, 3.63) is 53.1 Å². The molecule has 0 amide bonds. The molecule has 0 radical (unpaired) electrons. The first-order valence-electron chi connectivity index (χ1n) is 5.99. The summed E-state index contributed by atoms with van der Waals surface area (Å²) in [6, 6.07) is 13.5. The number of anilines is 2. The molecule has 19 heavy (non-hydrogen) atoms. The molecule has 100 valence electrons. The van der Waals surface area contributed by atoms with Crippen LogP contribution in [-0.4, -0.2) is 14.2 Å². The van der Waals surface area contributed by atoms with Crippen LogP contribution in [0.2, 0.25) is 5.02 Å². The van der Waals surface area contributed by atoms with Crippen molar-refractivity contribution >= 4 is 23.0 Å². The number of hydrogen-bond donors (Lipinski definition) is 1. The summed E-state index contributed by atoms with van der Waals surface area (Å²) in [7, 11) is 3.66. The van der Waals surface area contributed by atoms with E-state index in [0.29, 0.717) is 10.7 Å². The molecule has 2 rings (SSSR count). The summed E-state index contributed by atoms with van der Waals surface area (Å²) in [6.45, 7) is 0.751. The molecule has 0 saturated heterocycles. The Morgan fingerprint density at radius 2 is 2.00 bits per heavy atom. The van der Waals surface area contributed by atoms with Crippen molar-refractivity contribution < 1.29 is 4.74 Å². The lowest BCUT2D eigenvalue weighted by Gasteiger charge is -2.21. The van der Waals surface area contributed by atoms with E-state index in [-0.39, 0.29) is 0 Å². The number of benzene rings is 2. The number of hydrogen-bond acceptors (Lipinski definition) is 3. The molecule has 0 aliphatic rings. The average Bonchev–Trinajstić information content (AvgIpc) is 2.38. The maximum Gasteiger partial charge on any atom is 0.119 e. The molecule has 2 N–H and O–H groups in total. The van der Waals surface area contributed by atoms with E-state index in [0.717, 1.165) is 23.5 Å². The largest absolute Gasteiger partial charge is 0.497 e. The molecule has 0 aliphatic heterocycles. The first-order valence-corrected chi connectivity index (χ1v) is 6.37. The molecule has 0 heterocycles. The van der Waals surface area contributed by atoms with Gasteiger partial charge in [0.2, 0.25) is 0 Å². The predicted octanol–water partition coefficient (Wildman–Crippen LogP) is 3.57. The van der Waals surface area contributed by atoms with Gasteiger partial charge in [-0.15, -0.1) is 0 Å². The van der Waals surface area contributed by atoms with Crippen LogP contribution < -0.4 is 15.4 Å². The Morgan fingerprint density at radius 1 is 1.21 bits per heavy atom. The zero-order valence-corrected chi connectivity index (χ0v) is 11.8. The Morgan fingerprint density at radius 3 is 2.68 bits per heavy atom. The first kappa shape index (κ1) is 13.6. The molecule has 0 aliphatic carbocycles. The molecule has 0 bridgehead atoms. The van der Waals surface area contributed by atoms with E-state index < -0.39 is 0 Å². The molecular formula is C15H17ClN2O. The number of methoxy groups -OCH3 is 1. The summed E-state index contributed by atoms with van der Waals surface area (Å²) >= 11 is 6.20. The van der Waals surface area contributed by atoms with Gasteiger partial charge in [-0.2, -0.15) is 0 Å². The highest BCUT2D eigenvalue weighted by Crippen LogP contribution is 2.28. The van der Waals surface area contributed by atoms with Crippen LogP contribution in [0.4, 0.5) is 11.4 Å². The number of nitrogens with zero attached hydrogens (tertiary/aromatic N) is 1. The second-order valence-electron chi connectivity index (χ2n) is 4.42. The van der Waals surface area contributed by atoms with Crippen LogP contribution in [0.3, 0.4) is 0 Å². The van der Waals surface area contributed by atoms with Crippen molar-refractivity contribution in [1.82, 2.24) is 0 Å². The third-order valence-electron chi connectivity index (χ3n) is 2.94. The van der Waals surface area contributed by atoms with Gasteiger partial charge in [0.1, 0.15) is 5.75 Å². The summed E-state index contributed by atoms with van der Waals surface area (Å²) in [6.07, 6.45) is 0. The van der Waals surface area contributed by atoms with Crippen LogP contribution in [0, 0.1) is 0 Å². The Kier molecular flexibility index (Phi) is 4.17. The van der Waals surface area contributed by atoms with Gasteiger partial charge in [-0.3, -0.25) is 0 Å². The van der Waals surface area contributed by atoms with Gasteiger partial charge in [0.05, 0.1) is 17.8 Å². The summed E-state index contributed by atoms with van der Waals surface area (Å²) < 4.78 is 5.22. The smallest absolute Gasteiger partial charge is 0.119 e. The van der Waals surface area contributed by atoms with Gasteiger partial charge < -0.3 is 15.4 Å². The number of rotatable bonds is 4. The Labute approximate surface area is 118 Å². The van der Waals surface area contributed by atoms with Gasteiger partial charge in [0, 0.05) is 19.3 Å². The average molecular weight is 277 g/mol. The summed E-state index contributed by atoms with van der Waals surface area (Å²) in [4.78, 5) is 2.08. The van der Waals surface area contributed by atoms with E-state index in [2.05, 4.69) is 11.0 Å². The minimum atomic E-state index is 0.658. The van der Waals surface area contributed by atoms with Gasteiger partial charge in [0.25, 0.3) is 0 Å². The maximum absolute atomic E-state index is 6.20. The van der Waals surface area contributed by atoms with Crippen LogP contribution >= 0.6 is 11.6 Å². The zero-order valence-electron chi connectivity index (χ0n) is 11.1. The van der Waals surface area contributed by atoms with Crippen LogP contribution in [0.15, 0.2) is 42.5 Å². The molecule has 0 atom stereocenters.